The van der Waals surface area contributed by atoms with Crippen molar-refractivity contribution in [2.75, 3.05) is 18.4 Å². The van der Waals surface area contributed by atoms with Gasteiger partial charge in [0.1, 0.15) is 11.2 Å². The maximum Gasteiger partial charge on any atom is 0.256 e. The molecule has 2 N–H and O–H groups in total. The number of hydrogen-bond acceptors (Lipinski definition) is 4. The van der Waals surface area contributed by atoms with E-state index in [-0.39, 0.29) is 12.1 Å². The number of fused-ring (bicyclic) bond motifs is 3. The quantitative estimate of drug-likeness (QED) is 0.889. The van der Waals surface area contributed by atoms with E-state index in [1.165, 1.54) is 16.0 Å². The zero-order chi connectivity index (χ0) is 16.0. The fraction of sp³-hybridized carbons (Fsp3) is 0.389. The van der Waals surface area contributed by atoms with Gasteiger partial charge in [-0.05, 0) is 31.0 Å². The molecule has 0 aliphatic carbocycles. The lowest BCUT2D eigenvalue weighted by molar-refractivity contribution is 0.0934. The molecule has 0 radical (unpaired) electrons. The molecular weight excluding hydrogens is 306 g/mol. The maximum absolute atomic E-state index is 12.7. The van der Waals surface area contributed by atoms with Crippen molar-refractivity contribution >= 4 is 22.2 Å². The minimum atomic E-state index is -0.141. The lowest BCUT2D eigenvalue weighted by Gasteiger charge is -2.28. The molecule has 120 valence electrons. The van der Waals surface area contributed by atoms with Crippen molar-refractivity contribution in [2.45, 2.75) is 33.0 Å². The number of rotatable bonds is 2. The molecule has 0 unspecified atom stereocenters. The molecule has 2 aliphatic heterocycles. The molecule has 1 aromatic carbocycles. The van der Waals surface area contributed by atoms with E-state index >= 15 is 0 Å². The highest BCUT2D eigenvalue weighted by Crippen LogP contribution is 2.40. The van der Waals surface area contributed by atoms with Crippen LogP contribution in [0.5, 0.6) is 0 Å². The summed E-state index contributed by atoms with van der Waals surface area (Å²) in [7, 11) is 0. The summed E-state index contributed by atoms with van der Waals surface area (Å²) in [5, 5.41) is 7.66. The van der Waals surface area contributed by atoms with Gasteiger partial charge in [0.25, 0.3) is 5.91 Å². The first-order chi connectivity index (χ1) is 11.2. The van der Waals surface area contributed by atoms with Crippen molar-refractivity contribution in [3.63, 3.8) is 0 Å². The summed E-state index contributed by atoms with van der Waals surface area (Å²) in [5.74, 6) is 0.0618. The van der Waals surface area contributed by atoms with Crippen molar-refractivity contribution in [3.8, 4) is 0 Å². The number of thiophene rings is 1. The lowest BCUT2D eigenvalue weighted by Crippen LogP contribution is -2.38. The fourth-order valence-corrected chi connectivity index (χ4v) is 4.68. The van der Waals surface area contributed by atoms with Gasteiger partial charge in [0.05, 0.1) is 5.56 Å². The summed E-state index contributed by atoms with van der Waals surface area (Å²) in [6.45, 7) is 7.33. The molecule has 1 amide bonds. The average Bonchev–Trinajstić information content (AvgIpc) is 2.93. The molecule has 4 nitrogen and oxygen atoms in total. The Morgan fingerprint density at radius 1 is 1.26 bits per heavy atom. The van der Waals surface area contributed by atoms with E-state index in [1.54, 1.807) is 11.3 Å². The van der Waals surface area contributed by atoms with E-state index in [0.29, 0.717) is 0 Å². The Labute approximate surface area is 140 Å². The number of carbonyl (C=O) groups is 1. The molecule has 23 heavy (non-hydrogen) atoms. The summed E-state index contributed by atoms with van der Waals surface area (Å²) in [4.78, 5) is 16.4. The van der Waals surface area contributed by atoms with Crippen LogP contribution in [0.1, 0.15) is 45.0 Å². The number of likely N-dealkylation sites (N-methyl/N-ethyl adjacent to an activating group) is 1. The van der Waals surface area contributed by atoms with Gasteiger partial charge < -0.3 is 10.6 Å². The number of nitrogens with one attached hydrogen (secondary N) is 2. The predicted octanol–water partition coefficient (Wildman–Crippen LogP) is 3.29. The molecule has 0 fully saturated rings. The Hall–Kier alpha value is -1.85. The smallest absolute Gasteiger partial charge is 0.256 e. The van der Waals surface area contributed by atoms with Crippen LogP contribution in [-0.2, 0) is 13.0 Å². The van der Waals surface area contributed by atoms with Gasteiger partial charge in [-0.3, -0.25) is 9.69 Å². The fourth-order valence-electron chi connectivity index (χ4n) is 3.36. The third-order valence-corrected chi connectivity index (χ3v) is 5.92. The Bertz CT molecular complexity index is 750. The Balaban J connectivity index is 1.66. The molecule has 0 saturated carbocycles. The lowest BCUT2D eigenvalue weighted by atomic mass is 10.00. The number of nitrogens with zero attached hydrogens (tertiary/aromatic N) is 1. The standard InChI is InChI=1S/C18H21N3OS/c1-3-21-9-8-13-14(10-21)23-18-15(13)17(22)19-16(20-18)12-6-4-11(2)5-7-12/h4-7,16,20H,3,8-10H2,1-2H3,(H,19,22)/t16-/m1/s1. The van der Waals surface area contributed by atoms with E-state index in [2.05, 4.69) is 53.6 Å². The van der Waals surface area contributed by atoms with Crippen LogP contribution >= 0.6 is 11.3 Å². The van der Waals surface area contributed by atoms with Crippen LogP contribution in [0.15, 0.2) is 24.3 Å². The van der Waals surface area contributed by atoms with Gasteiger partial charge in [-0.15, -0.1) is 11.3 Å². The summed E-state index contributed by atoms with van der Waals surface area (Å²) in [5.41, 5.74) is 4.45. The molecule has 0 saturated heterocycles. The molecule has 1 aromatic heterocycles. The number of amides is 1. The summed E-state index contributed by atoms with van der Waals surface area (Å²) < 4.78 is 0. The number of anilines is 1. The second kappa shape index (κ2) is 5.65. The van der Waals surface area contributed by atoms with E-state index in [1.807, 2.05) is 0 Å². The Kier molecular flexibility index (Phi) is 3.62. The van der Waals surface area contributed by atoms with Crippen LogP contribution in [0.2, 0.25) is 0 Å². The molecule has 0 bridgehead atoms. The predicted molar refractivity (Wildman–Crippen MR) is 94.0 cm³/mol. The van der Waals surface area contributed by atoms with E-state index in [4.69, 9.17) is 0 Å². The number of benzene rings is 1. The van der Waals surface area contributed by atoms with Crippen molar-refractivity contribution in [2.24, 2.45) is 0 Å². The minimum Gasteiger partial charge on any atom is -0.353 e. The zero-order valence-electron chi connectivity index (χ0n) is 13.5. The van der Waals surface area contributed by atoms with Crippen LogP contribution in [0.25, 0.3) is 0 Å². The second-order valence-corrected chi connectivity index (χ2v) is 7.39. The molecule has 2 aromatic rings. The van der Waals surface area contributed by atoms with Crippen molar-refractivity contribution in [1.29, 1.82) is 0 Å². The Morgan fingerprint density at radius 3 is 2.78 bits per heavy atom. The van der Waals surface area contributed by atoms with Gasteiger partial charge in [-0.1, -0.05) is 36.8 Å². The molecule has 2 aliphatic rings. The molecule has 3 heterocycles. The van der Waals surface area contributed by atoms with Crippen molar-refractivity contribution in [1.82, 2.24) is 10.2 Å². The van der Waals surface area contributed by atoms with Gasteiger partial charge in [-0.2, -0.15) is 0 Å². The van der Waals surface area contributed by atoms with Crippen LogP contribution < -0.4 is 10.6 Å². The number of aryl methyl sites for hydroxylation is 1. The zero-order valence-corrected chi connectivity index (χ0v) is 14.3. The highest BCUT2D eigenvalue weighted by molar-refractivity contribution is 7.16. The largest absolute Gasteiger partial charge is 0.353 e. The highest BCUT2D eigenvalue weighted by Gasteiger charge is 2.32. The molecule has 4 rings (SSSR count). The van der Waals surface area contributed by atoms with Crippen molar-refractivity contribution < 1.29 is 4.79 Å². The molecular formula is C18H21N3OS. The summed E-state index contributed by atoms with van der Waals surface area (Å²) in [6, 6.07) is 8.31. The molecule has 5 heteroatoms. The van der Waals surface area contributed by atoms with Gasteiger partial charge in [0, 0.05) is 18.0 Å². The van der Waals surface area contributed by atoms with E-state index in [0.717, 1.165) is 42.2 Å². The van der Waals surface area contributed by atoms with Crippen LogP contribution in [0.4, 0.5) is 5.00 Å². The number of hydrogen-bond donors (Lipinski definition) is 2. The minimum absolute atomic E-state index is 0.0618. The SMILES string of the molecule is CCN1CCc2c(sc3c2C(=O)N[C@@H](c2ccc(C)cc2)N3)C1. The van der Waals surface area contributed by atoms with Crippen LogP contribution in [0.3, 0.4) is 0 Å². The summed E-state index contributed by atoms with van der Waals surface area (Å²) >= 11 is 1.75. The first-order valence-corrected chi connectivity index (χ1v) is 8.98. The highest BCUT2D eigenvalue weighted by atomic mass is 32.1. The molecule has 0 spiro atoms. The number of carbonyl (C=O) groups excluding carboxylic acids is 1. The normalized spacial score (nSPS) is 20.4. The van der Waals surface area contributed by atoms with Crippen LogP contribution in [-0.4, -0.2) is 23.9 Å². The third kappa shape index (κ3) is 2.54. The first-order valence-electron chi connectivity index (χ1n) is 8.16. The first kappa shape index (κ1) is 14.7. The third-order valence-electron chi connectivity index (χ3n) is 4.77. The van der Waals surface area contributed by atoms with Gasteiger partial charge in [0.2, 0.25) is 0 Å². The molecule has 1 atom stereocenters. The summed E-state index contributed by atoms with van der Waals surface area (Å²) in [6.07, 6.45) is 0.831. The maximum atomic E-state index is 12.7. The van der Waals surface area contributed by atoms with Crippen molar-refractivity contribution in [3.05, 3.63) is 51.4 Å². The van der Waals surface area contributed by atoms with E-state index < -0.39 is 0 Å². The van der Waals surface area contributed by atoms with Gasteiger partial charge in [0.15, 0.2) is 0 Å². The van der Waals surface area contributed by atoms with Gasteiger partial charge in [-0.25, -0.2) is 0 Å². The topological polar surface area (TPSA) is 44.4 Å². The monoisotopic (exact) mass is 327 g/mol. The average molecular weight is 327 g/mol. The van der Waals surface area contributed by atoms with E-state index in [9.17, 15) is 4.79 Å². The second-order valence-electron chi connectivity index (χ2n) is 6.29. The van der Waals surface area contributed by atoms with Gasteiger partial charge >= 0.3 is 0 Å². The Morgan fingerprint density at radius 2 is 2.04 bits per heavy atom. The van der Waals surface area contributed by atoms with Crippen LogP contribution in [0, 0.1) is 6.92 Å².